The van der Waals surface area contributed by atoms with Crippen molar-refractivity contribution in [1.82, 2.24) is 0 Å². The molecule has 0 amide bonds. The van der Waals surface area contributed by atoms with Crippen molar-refractivity contribution in [1.29, 1.82) is 0 Å². The minimum Gasteiger partial charge on any atom is -0.463 e. The van der Waals surface area contributed by atoms with Gasteiger partial charge in [0.1, 0.15) is 31.0 Å². The van der Waals surface area contributed by atoms with Gasteiger partial charge in [-0.15, -0.1) is 0 Å². The van der Waals surface area contributed by atoms with E-state index in [-0.39, 0.29) is 6.61 Å². The molecule has 0 aromatic rings. The van der Waals surface area contributed by atoms with Crippen LogP contribution in [0.3, 0.4) is 0 Å². The lowest BCUT2D eigenvalue weighted by molar-refractivity contribution is -0.311. The van der Waals surface area contributed by atoms with E-state index in [2.05, 4.69) is 20.8 Å². The summed E-state index contributed by atoms with van der Waals surface area (Å²) in [5.74, 6) is -0.398. The van der Waals surface area contributed by atoms with Gasteiger partial charge in [0, 0.05) is 26.7 Å². The number of ether oxygens (including phenoxy) is 5. The highest BCUT2D eigenvalue weighted by atomic mass is 16.7. The first kappa shape index (κ1) is 24.3. The Labute approximate surface area is 163 Å². The fourth-order valence-electron chi connectivity index (χ4n) is 2.89. The largest absolute Gasteiger partial charge is 0.463 e. The average molecular weight is 391 g/mol. The Morgan fingerprint density at radius 3 is 1.81 bits per heavy atom. The molecule has 0 radical (unpaired) electrons. The lowest BCUT2D eigenvalue weighted by Crippen LogP contribution is -2.61. The summed E-state index contributed by atoms with van der Waals surface area (Å²) < 4.78 is 28.9. The van der Waals surface area contributed by atoms with E-state index in [0.29, 0.717) is 19.8 Å². The maximum absolute atomic E-state index is 11.2. The van der Waals surface area contributed by atoms with Crippen LogP contribution in [0.4, 0.5) is 0 Å². The molecule has 0 aromatic carbocycles. The first-order valence-corrected chi connectivity index (χ1v) is 10.4. The molecular weight excluding hydrogens is 352 g/mol. The number of hydrogen-bond donors (Lipinski definition) is 1. The van der Waals surface area contributed by atoms with E-state index in [1.54, 1.807) is 0 Å². The standard InChI is InChI=1S/C20H38O7/c1-5-8-11-23-17-16(14-26-15(4)21)27-20(22)19(25-13-10-7-3)18(17)24-12-9-6-2/h16-20,22H,5-14H2,1-4H3/t16?,17-,18?,19+,20?/m1/s1. The zero-order valence-corrected chi connectivity index (χ0v) is 17.4. The second-order valence-electron chi connectivity index (χ2n) is 6.93. The summed E-state index contributed by atoms with van der Waals surface area (Å²) in [7, 11) is 0. The second kappa shape index (κ2) is 14.3. The molecule has 1 aliphatic heterocycles. The third-order valence-electron chi connectivity index (χ3n) is 4.48. The Morgan fingerprint density at radius 1 is 0.852 bits per heavy atom. The number of aliphatic hydroxyl groups excluding tert-OH is 1. The normalized spacial score (nSPS) is 28.3. The number of carbonyl (C=O) groups excluding carboxylic acids is 1. The molecule has 1 N–H and O–H groups in total. The Kier molecular flexibility index (Phi) is 12.9. The minimum atomic E-state index is -1.15. The van der Waals surface area contributed by atoms with Gasteiger partial charge in [0.05, 0.1) is 0 Å². The van der Waals surface area contributed by atoms with Crippen molar-refractivity contribution in [2.75, 3.05) is 26.4 Å². The van der Waals surface area contributed by atoms with Crippen LogP contribution in [0.5, 0.6) is 0 Å². The molecule has 5 atom stereocenters. The van der Waals surface area contributed by atoms with E-state index in [4.69, 9.17) is 23.7 Å². The van der Waals surface area contributed by atoms with Crippen molar-refractivity contribution in [3.05, 3.63) is 0 Å². The van der Waals surface area contributed by atoms with Crippen molar-refractivity contribution in [3.8, 4) is 0 Å². The summed E-state index contributed by atoms with van der Waals surface area (Å²) in [6.45, 7) is 9.24. The third-order valence-corrected chi connectivity index (χ3v) is 4.48. The van der Waals surface area contributed by atoms with E-state index in [1.807, 2.05) is 0 Å². The van der Waals surface area contributed by atoms with E-state index in [0.717, 1.165) is 38.5 Å². The zero-order valence-electron chi connectivity index (χ0n) is 17.4. The molecule has 1 heterocycles. The third kappa shape index (κ3) is 8.87. The Hall–Kier alpha value is -0.730. The van der Waals surface area contributed by atoms with Crippen LogP contribution in [0, 0.1) is 0 Å². The van der Waals surface area contributed by atoms with Gasteiger partial charge < -0.3 is 28.8 Å². The van der Waals surface area contributed by atoms with Gasteiger partial charge in [-0.05, 0) is 19.3 Å². The fraction of sp³-hybridized carbons (Fsp3) is 0.950. The summed E-state index contributed by atoms with van der Waals surface area (Å²) in [5, 5.41) is 10.5. The van der Waals surface area contributed by atoms with Crippen LogP contribution in [0.1, 0.15) is 66.2 Å². The number of aliphatic hydroxyl groups is 1. The smallest absolute Gasteiger partial charge is 0.302 e. The summed E-state index contributed by atoms with van der Waals surface area (Å²) in [4.78, 5) is 11.2. The van der Waals surface area contributed by atoms with Gasteiger partial charge in [-0.3, -0.25) is 4.79 Å². The summed E-state index contributed by atoms with van der Waals surface area (Å²) in [6, 6.07) is 0. The van der Waals surface area contributed by atoms with Gasteiger partial charge in [0.15, 0.2) is 6.29 Å². The number of unbranched alkanes of at least 4 members (excludes halogenated alkanes) is 3. The van der Waals surface area contributed by atoms with E-state index < -0.39 is 36.7 Å². The molecule has 0 saturated carbocycles. The van der Waals surface area contributed by atoms with Crippen LogP contribution >= 0.6 is 0 Å². The number of rotatable bonds is 14. The molecule has 3 unspecified atom stereocenters. The van der Waals surface area contributed by atoms with Crippen LogP contribution in [-0.2, 0) is 28.5 Å². The van der Waals surface area contributed by atoms with Gasteiger partial charge >= 0.3 is 5.97 Å². The molecule has 0 bridgehead atoms. The SMILES string of the molecule is CCCCOC1[C@H](OCCCC)C(O)OC(COC(C)=O)[C@H]1OCCCC. The molecule has 1 aliphatic rings. The van der Waals surface area contributed by atoms with Gasteiger partial charge in [0.2, 0.25) is 0 Å². The van der Waals surface area contributed by atoms with Crippen molar-refractivity contribution >= 4 is 5.97 Å². The first-order valence-electron chi connectivity index (χ1n) is 10.4. The predicted molar refractivity (Wildman–Crippen MR) is 101 cm³/mol. The van der Waals surface area contributed by atoms with E-state index >= 15 is 0 Å². The maximum atomic E-state index is 11.2. The predicted octanol–water partition coefficient (Wildman–Crippen LogP) is 2.82. The Bertz CT molecular complexity index is 391. The fourth-order valence-corrected chi connectivity index (χ4v) is 2.89. The lowest BCUT2D eigenvalue weighted by atomic mass is 9.98. The van der Waals surface area contributed by atoms with Crippen molar-refractivity contribution in [2.45, 2.75) is 96.9 Å². The molecule has 7 heteroatoms. The van der Waals surface area contributed by atoms with Crippen molar-refractivity contribution in [2.24, 2.45) is 0 Å². The number of hydrogen-bond acceptors (Lipinski definition) is 7. The summed E-state index contributed by atoms with van der Waals surface area (Å²) in [5.41, 5.74) is 0. The molecule has 0 aliphatic carbocycles. The molecule has 0 aromatic heterocycles. The number of esters is 1. The Balaban J connectivity index is 2.90. The summed E-state index contributed by atoms with van der Waals surface area (Å²) in [6.07, 6.45) is 2.38. The van der Waals surface area contributed by atoms with Crippen LogP contribution in [0.25, 0.3) is 0 Å². The van der Waals surface area contributed by atoms with E-state index in [9.17, 15) is 9.90 Å². The highest BCUT2D eigenvalue weighted by Gasteiger charge is 2.48. The topological polar surface area (TPSA) is 83.5 Å². The molecule has 27 heavy (non-hydrogen) atoms. The van der Waals surface area contributed by atoms with Crippen LogP contribution in [0.15, 0.2) is 0 Å². The van der Waals surface area contributed by atoms with Crippen molar-refractivity contribution < 1.29 is 33.6 Å². The van der Waals surface area contributed by atoms with Gasteiger partial charge in [-0.2, -0.15) is 0 Å². The highest BCUT2D eigenvalue weighted by molar-refractivity contribution is 5.65. The first-order chi connectivity index (χ1) is 13.0. The van der Waals surface area contributed by atoms with Crippen LogP contribution < -0.4 is 0 Å². The quantitative estimate of drug-likeness (QED) is 0.361. The molecular formula is C20H38O7. The maximum Gasteiger partial charge on any atom is 0.302 e. The molecule has 0 spiro atoms. The molecule has 1 fully saturated rings. The van der Waals surface area contributed by atoms with Crippen LogP contribution in [-0.4, -0.2) is 68.2 Å². The average Bonchev–Trinajstić information content (AvgIpc) is 2.64. The molecule has 1 rings (SSSR count). The second-order valence-corrected chi connectivity index (χ2v) is 6.93. The van der Waals surface area contributed by atoms with Crippen molar-refractivity contribution in [3.63, 3.8) is 0 Å². The van der Waals surface area contributed by atoms with Gasteiger partial charge in [-0.1, -0.05) is 40.0 Å². The molecule has 7 nitrogen and oxygen atoms in total. The summed E-state index contributed by atoms with van der Waals surface area (Å²) >= 11 is 0. The minimum absolute atomic E-state index is 0.0124. The van der Waals surface area contributed by atoms with Gasteiger partial charge in [-0.25, -0.2) is 0 Å². The lowest BCUT2D eigenvalue weighted by Gasteiger charge is -2.44. The molecule has 160 valence electrons. The number of carbonyl (C=O) groups is 1. The van der Waals surface area contributed by atoms with Crippen LogP contribution in [0.2, 0.25) is 0 Å². The Morgan fingerprint density at radius 2 is 1.33 bits per heavy atom. The van der Waals surface area contributed by atoms with E-state index in [1.165, 1.54) is 6.92 Å². The van der Waals surface area contributed by atoms with Gasteiger partial charge in [0.25, 0.3) is 0 Å². The zero-order chi connectivity index (χ0) is 20.1. The monoisotopic (exact) mass is 390 g/mol. The molecule has 1 saturated heterocycles. The highest BCUT2D eigenvalue weighted by Crippen LogP contribution is 2.28.